The van der Waals surface area contributed by atoms with Crippen molar-refractivity contribution in [2.45, 2.75) is 19.4 Å². The van der Waals surface area contributed by atoms with E-state index in [0.29, 0.717) is 5.88 Å². The van der Waals surface area contributed by atoms with Crippen LogP contribution in [-0.2, 0) is 0 Å². The quantitative estimate of drug-likeness (QED) is 0.368. The van der Waals surface area contributed by atoms with Crippen LogP contribution in [0.2, 0.25) is 0 Å². The van der Waals surface area contributed by atoms with Crippen molar-refractivity contribution in [3.8, 4) is 5.88 Å². The number of amidine groups is 1. The van der Waals surface area contributed by atoms with Crippen LogP contribution in [0.15, 0.2) is 23.5 Å². The van der Waals surface area contributed by atoms with Crippen LogP contribution < -0.4 is 15.4 Å². The van der Waals surface area contributed by atoms with Gasteiger partial charge in [0.05, 0.1) is 12.6 Å². The van der Waals surface area contributed by atoms with E-state index in [4.69, 9.17) is 15.7 Å². The number of oxime groups is 1. The number of nitrogens with two attached hydrogens (primary N) is 1. The summed E-state index contributed by atoms with van der Waals surface area (Å²) in [5, 5.41) is 12.0. The van der Waals surface area contributed by atoms with E-state index in [1.165, 1.54) is 0 Å². The Morgan fingerprint density at radius 3 is 2.62 bits per heavy atom. The normalized spacial score (nSPS) is 17.9. The van der Waals surface area contributed by atoms with Crippen molar-refractivity contribution < 1.29 is 9.94 Å². The fraction of sp³-hybridized carbons (Fsp3) is 0.571. The molecule has 1 saturated heterocycles. The smallest absolute Gasteiger partial charge is 0.214 e. The Morgan fingerprint density at radius 1 is 1.38 bits per heavy atom. The topological polar surface area (TPSA) is 87.2 Å². The first kappa shape index (κ1) is 15.4. The maximum atomic E-state index is 8.89. The van der Waals surface area contributed by atoms with Gasteiger partial charge in [-0.2, -0.15) is 0 Å². The zero-order valence-corrected chi connectivity index (χ0v) is 12.8. The highest BCUT2D eigenvalue weighted by Crippen LogP contribution is 2.23. The molecule has 0 atom stereocenters. The summed E-state index contributed by atoms with van der Waals surface area (Å²) in [4.78, 5) is 8.62. The SMILES string of the molecule is COc1cc(N2CCN(C(C)(C)/C(N)=N/O)CC2)ccn1. The van der Waals surface area contributed by atoms with Gasteiger partial charge in [0.1, 0.15) is 0 Å². The van der Waals surface area contributed by atoms with Crippen LogP contribution in [0.25, 0.3) is 0 Å². The molecule has 0 radical (unpaired) electrons. The van der Waals surface area contributed by atoms with Crippen molar-refractivity contribution in [3.63, 3.8) is 0 Å². The zero-order valence-electron chi connectivity index (χ0n) is 12.8. The van der Waals surface area contributed by atoms with E-state index in [1.807, 2.05) is 26.0 Å². The highest BCUT2D eigenvalue weighted by molar-refractivity contribution is 5.88. The fourth-order valence-corrected chi connectivity index (χ4v) is 2.52. The van der Waals surface area contributed by atoms with Crippen LogP contribution in [-0.4, -0.2) is 59.8 Å². The number of hydrogen-bond acceptors (Lipinski definition) is 6. The van der Waals surface area contributed by atoms with E-state index in [0.717, 1.165) is 31.9 Å². The lowest BCUT2D eigenvalue weighted by atomic mass is 10.00. The summed E-state index contributed by atoms with van der Waals surface area (Å²) < 4.78 is 5.16. The van der Waals surface area contributed by atoms with Crippen molar-refractivity contribution in [2.24, 2.45) is 10.9 Å². The third-order valence-corrected chi connectivity index (χ3v) is 4.10. The van der Waals surface area contributed by atoms with Gasteiger partial charge in [-0.3, -0.25) is 4.90 Å². The molecule has 0 spiro atoms. The minimum atomic E-state index is -0.448. The van der Waals surface area contributed by atoms with E-state index < -0.39 is 5.54 Å². The summed E-state index contributed by atoms with van der Waals surface area (Å²) in [6, 6.07) is 3.91. The summed E-state index contributed by atoms with van der Waals surface area (Å²) in [6.45, 7) is 7.35. The van der Waals surface area contributed by atoms with Crippen molar-refractivity contribution in [1.29, 1.82) is 0 Å². The van der Waals surface area contributed by atoms with Crippen LogP contribution >= 0.6 is 0 Å². The largest absolute Gasteiger partial charge is 0.481 e. The number of piperazine rings is 1. The van der Waals surface area contributed by atoms with E-state index in [9.17, 15) is 0 Å². The summed E-state index contributed by atoms with van der Waals surface area (Å²) in [7, 11) is 1.61. The van der Waals surface area contributed by atoms with Gasteiger partial charge in [-0.15, -0.1) is 0 Å². The molecule has 1 aromatic rings. The summed E-state index contributed by atoms with van der Waals surface area (Å²) in [5.74, 6) is 0.855. The standard InChI is InChI=1S/C14H23N5O2/c1-14(2,13(15)17-20)19-8-6-18(7-9-19)11-4-5-16-12(10-11)21-3/h4-5,10,20H,6-9H2,1-3H3,(H2,15,17). The van der Waals surface area contributed by atoms with Gasteiger partial charge >= 0.3 is 0 Å². The molecule has 0 amide bonds. The molecule has 0 saturated carbocycles. The molecular formula is C14H23N5O2. The fourth-order valence-electron chi connectivity index (χ4n) is 2.52. The number of anilines is 1. The number of rotatable bonds is 4. The van der Waals surface area contributed by atoms with Crippen molar-refractivity contribution in [3.05, 3.63) is 18.3 Å². The Bertz CT molecular complexity index is 510. The third-order valence-electron chi connectivity index (χ3n) is 4.10. The van der Waals surface area contributed by atoms with Crippen LogP contribution in [0.5, 0.6) is 5.88 Å². The molecule has 2 heterocycles. The highest BCUT2D eigenvalue weighted by atomic mass is 16.5. The van der Waals surface area contributed by atoms with Crippen LogP contribution in [0.4, 0.5) is 5.69 Å². The second-order valence-corrected chi connectivity index (χ2v) is 5.57. The van der Waals surface area contributed by atoms with E-state index >= 15 is 0 Å². The minimum absolute atomic E-state index is 0.238. The summed E-state index contributed by atoms with van der Waals surface area (Å²) in [5.41, 5.74) is 6.44. The Kier molecular flexibility index (Phi) is 4.52. The number of ether oxygens (including phenoxy) is 1. The number of aromatic nitrogens is 1. The highest BCUT2D eigenvalue weighted by Gasteiger charge is 2.33. The zero-order chi connectivity index (χ0) is 15.5. The van der Waals surface area contributed by atoms with Crippen molar-refractivity contribution in [2.75, 3.05) is 38.2 Å². The lowest BCUT2D eigenvalue weighted by Gasteiger charge is -2.43. The van der Waals surface area contributed by atoms with Crippen LogP contribution in [0.3, 0.4) is 0 Å². The van der Waals surface area contributed by atoms with Gasteiger partial charge in [-0.25, -0.2) is 4.98 Å². The molecule has 3 N–H and O–H groups in total. The Hall–Kier alpha value is -2.02. The third kappa shape index (κ3) is 3.18. The molecule has 2 rings (SSSR count). The molecule has 1 aliphatic heterocycles. The second-order valence-electron chi connectivity index (χ2n) is 5.57. The van der Waals surface area contributed by atoms with Gasteiger partial charge in [0.25, 0.3) is 0 Å². The van der Waals surface area contributed by atoms with Crippen LogP contribution in [0, 0.1) is 0 Å². The second kappa shape index (κ2) is 6.17. The van der Waals surface area contributed by atoms with Crippen molar-refractivity contribution >= 4 is 11.5 Å². The lowest BCUT2D eigenvalue weighted by molar-refractivity contribution is 0.161. The van der Waals surface area contributed by atoms with Gasteiger partial charge in [0.2, 0.25) is 5.88 Å². The molecule has 7 heteroatoms. The Morgan fingerprint density at radius 2 is 2.05 bits per heavy atom. The number of nitrogens with zero attached hydrogens (tertiary/aromatic N) is 4. The average Bonchev–Trinajstić information content (AvgIpc) is 2.54. The number of methoxy groups -OCH3 is 1. The van der Waals surface area contributed by atoms with Gasteiger partial charge < -0.3 is 20.6 Å². The van der Waals surface area contributed by atoms with Crippen molar-refractivity contribution in [1.82, 2.24) is 9.88 Å². The molecular weight excluding hydrogens is 270 g/mol. The molecule has 0 bridgehead atoms. The molecule has 116 valence electrons. The molecule has 7 nitrogen and oxygen atoms in total. The molecule has 1 aliphatic rings. The molecule has 1 aromatic heterocycles. The van der Waals surface area contributed by atoms with Crippen LogP contribution in [0.1, 0.15) is 13.8 Å². The predicted octanol–water partition coefficient (Wildman–Crippen LogP) is 0.737. The van der Waals surface area contributed by atoms with E-state index in [-0.39, 0.29) is 5.84 Å². The first-order chi connectivity index (χ1) is 9.98. The maximum absolute atomic E-state index is 8.89. The average molecular weight is 293 g/mol. The number of pyridine rings is 1. The molecule has 1 fully saturated rings. The first-order valence-electron chi connectivity index (χ1n) is 6.97. The summed E-state index contributed by atoms with van der Waals surface area (Å²) >= 11 is 0. The molecule has 0 aromatic carbocycles. The lowest BCUT2D eigenvalue weighted by Crippen LogP contribution is -2.59. The Labute approximate surface area is 125 Å². The van der Waals surface area contributed by atoms with Gasteiger partial charge in [0, 0.05) is 44.1 Å². The van der Waals surface area contributed by atoms with E-state index in [1.54, 1.807) is 13.3 Å². The molecule has 0 unspecified atom stereocenters. The Balaban J connectivity index is 2.03. The molecule has 21 heavy (non-hydrogen) atoms. The predicted molar refractivity (Wildman–Crippen MR) is 82.1 cm³/mol. The van der Waals surface area contributed by atoms with Gasteiger partial charge in [-0.05, 0) is 19.9 Å². The number of hydrogen-bond donors (Lipinski definition) is 2. The maximum Gasteiger partial charge on any atom is 0.214 e. The molecule has 0 aliphatic carbocycles. The summed E-state index contributed by atoms with van der Waals surface area (Å²) in [6.07, 6.45) is 1.75. The monoisotopic (exact) mass is 293 g/mol. The minimum Gasteiger partial charge on any atom is -0.481 e. The first-order valence-corrected chi connectivity index (χ1v) is 6.97. The van der Waals surface area contributed by atoms with Gasteiger partial charge in [0.15, 0.2) is 5.84 Å². The van der Waals surface area contributed by atoms with E-state index in [2.05, 4.69) is 19.9 Å². The van der Waals surface area contributed by atoms with Gasteiger partial charge in [-0.1, -0.05) is 5.16 Å².